The SMILES string of the molecule is CNC(=O)C(C)N(Cc1ccc(Cl)c(Cl)c1)C(=O)Cc1ccc(F)cc1. The van der Waals surface area contributed by atoms with E-state index < -0.39 is 6.04 Å². The Bertz CT molecular complexity index is 797. The Kier molecular flexibility index (Phi) is 7.00. The van der Waals surface area contributed by atoms with E-state index in [4.69, 9.17) is 23.2 Å². The summed E-state index contributed by atoms with van der Waals surface area (Å²) in [5.41, 5.74) is 1.42. The zero-order valence-corrected chi connectivity index (χ0v) is 15.9. The van der Waals surface area contributed by atoms with E-state index in [2.05, 4.69) is 5.32 Å². The Morgan fingerprint density at radius 1 is 1.08 bits per heavy atom. The van der Waals surface area contributed by atoms with Gasteiger partial charge in [-0.05, 0) is 42.3 Å². The fraction of sp³-hybridized carbons (Fsp3) is 0.263. The van der Waals surface area contributed by atoms with Gasteiger partial charge in [-0.2, -0.15) is 0 Å². The minimum atomic E-state index is -0.678. The number of likely N-dealkylation sites (N-methyl/N-ethyl adjacent to an activating group) is 1. The molecule has 0 spiro atoms. The van der Waals surface area contributed by atoms with Gasteiger partial charge in [0.05, 0.1) is 16.5 Å². The number of nitrogens with one attached hydrogen (secondary N) is 1. The lowest BCUT2D eigenvalue weighted by atomic mass is 10.1. The summed E-state index contributed by atoms with van der Waals surface area (Å²) in [6, 6.07) is 10.1. The van der Waals surface area contributed by atoms with Crippen LogP contribution in [0.2, 0.25) is 10.0 Å². The highest BCUT2D eigenvalue weighted by atomic mass is 35.5. The molecule has 0 fully saturated rings. The molecule has 0 saturated heterocycles. The predicted octanol–water partition coefficient (Wildman–Crippen LogP) is 3.84. The van der Waals surface area contributed by atoms with Gasteiger partial charge < -0.3 is 10.2 Å². The Morgan fingerprint density at radius 2 is 1.69 bits per heavy atom. The van der Waals surface area contributed by atoms with E-state index in [9.17, 15) is 14.0 Å². The molecule has 0 heterocycles. The van der Waals surface area contributed by atoms with Gasteiger partial charge >= 0.3 is 0 Å². The molecule has 4 nitrogen and oxygen atoms in total. The molecule has 1 unspecified atom stereocenters. The first-order chi connectivity index (χ1) is 12.3. The van der Waals surface area contributed by atoms with Gasteiger partial charge in [-0.25, -0.2) is 4.39 Å². The first-order valence-corrected chi connectivity index (χ1v) is 8.77. The van der Waals surface area contributed by atoms with Crippen LogP contribution in [0.5, 0.6) is 0 Å². The Labute approximate surface area is 161 Å². The smallest absolute Gasteiger partial charge is 0.242 e. The molecular weight excluding hydrogens is 378 g/mol. The van der Waals surface area contributed by atoms with E-state index in [-0.39, 0.29) is 30.6 Å². The van der Waals surface area contributed by atoms with Crippen LogP contribution < -0.4 is 5.32 Å². The first-order valence-electron chi connectivity index (χ1n) is 8.01. The highest BCUT2D eigenvalue weighted by Gasteiger charge is 2.25. The highest BCUT2D eigenvalue weighted by molar-refractivity contribution is 6.42. The molecule has 1 N–H and O–H groups in total. The monoisotopic (exact) mass is 396 g/mol. The van der Waals surface area contributed by atoms with Crippen molar-refractivity contribution < 1.29 is 14.0 Å². The van der Waals surface area contributed by atoms with E-state index in [0.717, 1.165) is 5.56 Å². The number of amides is 2. The molecule has 0 aliphatic rings. The van der Waals surface area contributed by atoms with E-state index in [1.807, 2.05) is 0 Å². The molecule has 1 atom stereocenters. The molecule has 0 radical (unpaired) electrons. The van der Waals surface area contributed by atoms with Crippen molar-refractivity contribution in [2.45, 2.75) is 25.9 Å². The standard InChI is InChI=1S/C19H19Cl2FN2O2/c1-12(19(26)23-2)24(11-14-5-8-16(20)17(21)9-14)18(25)10-13-3-6-15(22)7-4-13/h3-9,12H,10-11H2,1-2H3,(H,23,26). The molecule has 138 valence electrons. The topological polar surface area (TPSA) is 49.4 Å². The summed E-state index contributed by atoms with van der Waals surface area (Å²) in [7, 11) is 1.51. The van der Waals surface area contributed by atoms with Crippen molar-refractivity contribution in [2.75, 3.05) is 7.05 Å². The second-order valence-corrected chi connectivity index (χ2v) is 6.68. The minimum Gasteiger partial charge on any atom is -0.357 e. The third-order valence-electron chi connectivity index (χ3n) is 4.02. The molecular formula is C19H19Cl2FN2O2. The third-order valence-corrected chi connectivity index (χ3v) is 4.76. The summed E-state index contributed by atoms with van der Waals surface area (Å²) < 4.78 is 13.0. The zero-order chi connectivity index (χ0) is 19.3. The Balaban J connectivity index is 2.24. The summed E-state index contributed by atoms with van der Waals surface area (Å²) in [4.78, 5) is 26.3. The molecule has 26 heavy (non-hydrogen) atoms. The molecule has 7 heteroatoms. The van der Waals surface area contributed by atoms with Gasteiger partial charge in [-0.3, -0.25) is 9.59 Å². The van der Waals surface area contributed by atoms with Gasteiger partial charge in [0.15, 0.2) is 0 Å². The lowest BCUT2D eigenvalue weighted by Gasteiger charge is -2.28. The first kappa shape index (κ1) is 20.2. The largest absolute Gasteiger partial charge is 0.357 e. The van der Waals surface area contributed by atoms with Crippen molar-refractivity contribution >= 4 is 35.0 Å². The van der Waals surface area contributed by atoms with E-state index in [0.29, 0.717) is 15.6 Å². The van der Waals surface area contributed by atoms with Crippen LogP contribution in [-0.4, -0.2) is 29.8 Å². The third kappa shape index (κ3) is 5.19. The molecule has 2 amide bonds. The fourth-order valence-electron chi connectivity index (χ4n) is 2.50. The second-order valence-electron chi connectivity index (χ2n) is 5.86. The van der Waals surface area contributed by atoms with Crippen LogP contribution in [0.4, 0.5) is 4.39 Å². The maximum atomic E-state index is 13.0. The van der Waals surface area contributed by atoms with Crippen molar-refractivity contribution in [1.29, 1.82) is 0 Å². The summed E-state index contributed by atoms with van der Waals surface area (Å²) >= 11 is 12.0. The van der Waals surface area contributed by atoms with Crippen molar-refractivity contribution in [1.82, 2.24) is 10.2 Å². The van der Waals surface area contributed by atoms with Gasteiger partial charge in [-0.1, -0.05) is 41.4 Å². The predicted molar refractivity (Wildman–Crippen MR) is 101 cm³/mol. The van der Waals surface area contributed by atoms with Crippen LogP contribution in [-0.2, 0) is 22.6 Å². The maximum absolute atomic E-state index is 13.0. The average Bonchev–Trinajstić information content (AvgIpc) is 2.63. The van der Waals surface area contributed by atoms with Gasteiger partial charge in [0, 0.05) is 13.6 Å². The lowest BCUT2D eigenvalue weighted by Crippen LogP contribution is -2.47. The fourth-order valence-corrected chi connectivity index (χ4v) is 2.83. The normalized spacial score (nSPS) is 11.7. The van der Waals surface area contributed by atoms with Crippen LogP contribution in [0.15, 0.2) is 42.5 Å². The number of benzene rings is 2. The molecule has 0 aromatic heterocycles. The molecule has 2 aromatic rings. The number of halogens is 3. The summed E-state index contributed by atoms with van der Waals surface area (Å²) in [6.45, 7) is 1.85. The maximum Gasteiger partial charge on any atom is 0.242 e. The van der Waals surface area contributed by atoms with E-state index in [1.54, 1.807) is 37.3 Å². The van der Waals surface area contributed by atoms with Gasteiger partial charge in [0.2, 0.25) is 11.8 Å². The molecule has 2 rings (SSSR count). The Morgan fingerprint density at radius 3 is 2.27 bits per heavy atom. The molecule has 0 aliphatic heterocycles. The molecule has 0 saturated carbocycles. The molecule has 0 bridgehead atoms. The number of hydrogen-bond donors (Lipinski definition) is 1. The minimum absolute atomic E-state index is 0.0585. The van der Waals surface area contributed by atoms with Gasteiger partial charge in [0.25, 0.3) is 0 Å². The van der Waals surface area contributed by atoms with Crippen LogP contribution in [0.25, 0.3) is 0 Å². The average molecular weight is 397 g/mol. The molecule has 2 aromatic carbocycles. The number of nitrogens with zero attached hydrogens (tertiary/aromatic N) is 1. The van der Waals surface area contributed by atoms with E-state index >= 15 is 0 Å². The Hall–Kier alpha value is -2.11. The quantitative estimate of drug-likeness (QED) is 0.806. The number of carbonyl (C=O) groups excluding carboxylic acids is 2. The zero-order valence-electron chi connectivity index (χ0n) is 14.4. The van der Waals surface area contributed by atoms with Gasteiger partial charge in [-0.15, -0.1) is 0 Å². The number of hydrogen-bond acceptors (Lipinski definition) is 2. The van der Waals surface area contributed by atoms with Gasteiger partial charge in [0.1, 0.15) is 11.9 Å². The second kappa shape index (κ2) is 9.01. The van der Waals surface area contributed by atoms with Crippen LogP contribution in [0, 0.1) is 5.82 Å². The van der Waals surface area contributed by atoms with Crippen LogP contribution in [0.1, 0.15) is 18.1 Å². The van der Waals surface area contributed by atoms with Crippen LogP contribution >= 0.6 is 23.2 Å². The summed E-state index contributed by atoms with van der Waals surface area (Å²) in [6.07, 6.45) is 0.0585. The van der Waals surface area contributed by atoms with Crippen molar-refractivity contribution in [3.05, 3.63) is 69.5 Å². The van der Waals surface area contributed by atoms with Crippen molar-refractivity contribution in [2.24, 2.45) is 0 Å². The highest BCUT2D eigenvalue weighted by Crippen LogP contribution is 2.24. The molecule has 0 aliphatic carbocycles. The number of rotatable bonds is 6. The van der Waals surface area contributed by atoms with Crippen molar-refractivity contribution in [3.8, 4) is 0 Å². The lowest BCUT2D eigenvalue weighted by molar-refractivity contribution is -0.139. The summed E-state index contributed by atoms with van der Waals surface area (Å²) in [5.74, 6) is -0.899. The van der Waals surface area contributed by atoms with E-state index in [1.165, 1.54) is 24.1 Å². The number of carbonyl (C=O) groups is 2. The summed E-state index contributed by atoms with van der Waals surface area (Å²) in [5, 5.41) is 3.34. The van der Waals surface area contributed by atoms with Crippen molar-refractivity contribution in [3.63, 3.8) is 0 Å². The van der Waals surface area contributed by atoms with Crippen LogP contribution in [0.3, 0.4) is 0 Å².